The summed E-state index contributed by atoms with van der Waals surface area (Å²) in [5.41, 5.74) is 21.4. The van der Waals surface area contributed by atoms with Crippen molar-refractivity contribution in [2.24, 2.45) is 0 Å². The van der Waals surface area contributed by atoms with Crippen molar-refractivity contribution in [2.75, 3.05) is 4.90 Å². The van der Waals surface area contributed by atoms with E-state index in [1.165, 1.54) is 66.6 Å². The molecule has 0 fully saturated rings. The summed E-state index contributed by atoms with van der Waals surface area (Å²) in [5.74, 6) is 2.88. The van der Waals surface area contributed by atoms with Crippen LogP contribution in [-0.4, -0.2) is 4.57 Å². The predicted molar refractivity (Wildman–Crippen MR) is 301 cm³/mol. The van der Waals surface area contributed by atoms with Gasteiger partial charge < -0.3 is 18.9 Å². The first-order valence-corrected chi connectivity index (χ1v) is 25.1. The molecular weight excluding hydrogens is 889 g/mol. The van der Waals surface area contributed by atoms with Crippen LogP contribution in [0.15, 0.2) is 255 Å². The summed E-state index contributed by atoms with van der Waals surface area (Å²) in [5, 5.41) is 2.29. The van der Waals surface area contributed by atoms with Gasteiger partial charge in [-0.3, -0.25) is 0 Å². The molecule has 12 aromatic rings. The Morgan fingerprint density at radius 3 is 1.34 bits per heavy atom. The maximum Gasteiger partial charge on any atom is 0.172 e. The van der Waals surface area contributed by atoms with Gasteiger partial charge in [-0.1, -0.05) is 190 Å². The van der Waals surface area contributed by atoms with E-state index in [2.05, 4.69) is 254 Å². The number of fused-ring (bicyclic) bond motifs is 8. The standard InChI is InChI=1S/C69H48N2O2/c1-69(2)61-16-8-6-14-57(61)58-41-40-56(42-62(58)69)70(53-34-28-50(29-35-53)45-12-4-3-5-13-45)54-36-30-51(31-37-54)48-24-20-46(21-25-48)47-22-26-49(27-23-47)52-32-38-55(39-33-52)71-63-17-9-7-15-59(63)60-43-67-68(44-64(60)71)73-66-19-11-10-18-65(66)72-67/h3-44H,1-2H3. The number of anilines is 3. The summed E-state index contributed by atoms with van der Waals surface area (Å²) in [7, 11) is 0. The second-order valence-corrected chi connectivity index (χ2v) is 19.7. The summed E-state index contributed by atoms with van der Waals surface area (Å²) >= 11 is 0. The molecule has 2 heterocycles. The number of para-hydroxylation sites is 3. The number of benzene rings is 11. The Morgan fingerprint density at radius 1 is 0.315 bits per heavy atom. The minimum absolute atomic E-state index is 0.102. The zero-order chi connectivity index (χ0) is 48.6. The van der Waals surface area contributed by atoms with E-state index in [-0.39, 0.29) is 5.41 Å². The zero-order valence-corrected chi connectivity index (χ0v) is 40.5. The second-order valence-electron chi connectivity index (χ2n) is 19.7. The molecule has 0 radical (unpaired) electrons. The first-order valence-electron chi connectivity index (χ1n) is 25.1. The van der Waals surface area contributed by atoms with Crippen LogP contribution in [0.3, 0.4) is 0 Å². The summed E-state index contributed by atoms with van der Waals surface area (Å²) in [4.78, 5) is 2.39. The van der Waals surface area contributed by atoms with Gasteiger partial charge in [0.25, 0.3) is 0 Å². The first kappa shape index (κ1) is 42.5. The van der Waals surface area contributed by atoms with Crippen LogP contribution in [0.2, 0.25) is 0 Å². The third-order valence-electron chi connectivity index (χ3n) is 15.1. The lowest BCUT2D eigenvalue weighted by Gasteiger charge is -2.28. The van der Waals surface area contributed by atoms with Crippen LogP contribution in [0.1, 0.15) is 25.0 Å². The highest BCUT2D eigenvalue weighted by Gasteiger charge is 2.36. The zero-order valence-electron chi connectivity index (χ0n) is 40.5. The van der Waals surface area contributed by atoms with E-state index in [9.17, 15) is 0 Å². The molecule has 2 aliphatic rings. The van der Waals surface area contributed by atoms with Gasteiger partial charge in [-0.15, -0.1) is 0 Å². The monoisotopic (exact) mass is 936 g/mol. The normalized spacial score (nSPS) is 12.8. The van der Waals surface area contributed by atoms with E-state index in [1.54, 1.807) is 0 Å². The topological polar surface area (TPSA) is 26.6 Å². The van der Waals surface area contributed by atoms with E-state index < -0.39 is 0 Å². The maximum atomic E-state index is 6.35. The average Bonchev–Trinajstić information content (AvgIpc) is 3.89. The predicted octanol–water partition coefficient (Wildman–Crippen LogP) is 19.1. The molecule has 0 atom stereocenters. The van der Waals surface area contributed by atoms with Gasteiger partial charge in [0.05, 0.1) is 11.0 Å². The van der Waals surface area contributed by atoms with Gasteiger partial charge in [0.1, 0.15) is 0 Å². The molecule has 0 bridgehead atoms. The van der Waals surface area contributed by atoms with Crippen molar-refractivity contribution in [2.45, 2.75) is 19.3 Å². The highest BCUT2D eigenvalue weighted by molar-refractivity contribution is 6.10. The maximum absolute atomic E-state index is 6.35. The Labute approximate surface area is 425 Å². The van der Waals surface area contributed by atoms with Crippen molar-refractivity contribution >= 4 is 38.9 Å². The SMILES string of the molecule is CC1(C)c2ccccc2-c2ccc(N(c3ccc(-c4ccccc4)cc3)c3ccc(-c4ccc(-c5ccc(-c6ccc(-n7c8ccccc8c8cc9c(cc87)Oc7ccccc7O9)cc6)cc5)cc4)cc3)cc21. The third kappa shape index (κ3) is 7.21. The molecule has 0 N–H and O–H groups in total. The van der Waals surface area contributed by atoms with Gasteiger partial charge in [-0.25, -0.2) is 0 Å². The number of hydrogen-bond acceptors (Lipinski definition) is 3. The van der Waals surface area contributed by atoms with Crippen LogP contribution in [0.4, 0.5) is 17.1 Å². The van der Waals surface area contributed by atoms with E-state index in [0.29, 0.717) is 5.75 Å². The first-order chi connectivity index (χ1) is 35.9. The summed E-state index contributed by atoms with van der Waals surface area (Å²) < 4.78 is 15.0. The molecule has 0 saturated carbocycles. The number of rotatable bonds is 8. The molecule has 0 amide bonds. The van der Waals surface area contributed by atoms with Crippen molar-refractivity contribution in [3.8, 4) is 84.3 Å². The Hall–Kier alpha value is -9.38. The smallest absolute Gasteiger partial charge is 0.172 e. The fourth-order valence-electron chi connectivity index (χ4n) is 11.3. The molecule has 346 valence electrons. The molecule has 1 aliphatic carbocycles. The number of nitrogens with zero attached hydrogens (tertiary/aromatic N) is 2. The fraction of sp³-hybridized carbons (Fsp3) is 0.0435. The minimum atomic E-state index is -0.102. The summed E-state index contributed by atoms with van der Waals surface area (Å²) in [6.07, 6.45) is 0. The van der Waals surface area contributed by atoms with E-state index >= 15 is 0 Å². The number of ether oxygens (including phenoxy) is 2. The molecular formula is C69H48N2O2. The number of hydrogen-bond donors (Lipinski definition) is 0. The average molecular weight is 937 g/mol. The van der Waals surface area contributed by atoms with Crippen LogP contribution >= 0.6 is 0 Å². The highest BCUT2D eigenvalue weighted by Crippen LogP contribution is 2.52. The molecule has 1 aromatic heterocycles. The Morgan fingerprint density at radius 2 is 0.753 bits per heavy atom. The quantitative estimate of drug-likeness (QED) is 0.152. The Balaban J connectivity index is 0.719. The largest absolute Gasteiger partial charge is 0.449 e. The van der Waals surface area contributed by atoms with Gasteiger partial charge in [-0.2, -0.15) is 0 Å². The van der Waals surface area contributed by atoms with Crippen LogP contribution in [0.25, 0.3) is 83.1 Å². The van der Waals surface area contributed by atoms with Crippen molar-refractivity contribution in [1.29, 1.82) is 0 Å². The molecule has 73 heavy (non-hydrogen) atoms. The van der Waals surface area contributed by atoms with Crippen LogP contribution in [0, 0.1) is 0 Å². The van der Waals surface area contributed by atoms with Crippen molar-refractivity contribution in [1.82, 2.24) is 4.57 Å². The lowest BCUT2D eigenvalue weighted by atomic mass is 9.82. The molecule has 1 aliphatic heterocycles. The Bertz CT molecular complexity index is 4060. The second kappa shape index (κ2) is 16.9. The molecule has 14 rings (SSSR count). The molecule has 4 nitrogen and oxygen atoms in total. The van der Waals surface area contributed by atoms with Crippen molar-refractivity contribution < 1.29 is 9.47 Å². The van der Waals surface area contributed by atoms with E-state index in [1.807, 2.05) is 24.3 Å². The van der Waals surface area contributed by atoms with Crippen molar-refractivity contribution in [3.63, 3.8) is 0 Å². The molecule has 0 unspecified atom stereocenters. The molecule has 11 aromatic carbocycles. The third-order valence-corrected chi connectivity index (χ3v) is 15.1. The molecule has 0 saturated heterocycles. The summed E-state index contributed by atoms with van der Waals surface area (Å²) in [6, 6.07) is 91.6. The highest BCUT2D eigenvalue weighted by atomic mass is 16.6. The van der Waals surface area contributed by atoms with Gasteiger partial charge in [0.2, 0.25) is 0 Å². The van der Waals surface area contributed by atoms with Gasteiger partial charge in [0.15, 0.2) is 23.0 Å². The van der Waals surface area contributed by atoms with Gasteiger partial charge in [-0.05, 0) is 140 Å². The van der Waals surface area contributed by atoms with Crippen LogP contribution < -0.4 is 14.4 Å². The van der Waals surface area contributed by atoms with E-state index in [0.717, 1.165) is 62.0 Å². The molecule has 4 heteroatoms. The Kier molecular flexibility index (Phi) is 9.84. The van der Waals surface area contributed by atoms with E-state index in [4.69, 9.17) is 9.47 Å². The molecule has 0 spiro atoms. The summed E-state index contributed by atoms with van der Waals surface area (Å²) in [6.45, 7) is 4.70. The fourth-order valence-corrected chi connectivity index (χ4v) is 11.3. The lowest BCUT2D eigenvalue weighted by Crippen LogP contribution is -2.16. The van der Waals surface area contributed by atoms with Gasteiger partial charge >= 0.3 is 0 Å². The minimum Gasteiger partial charge on any atom is -0.449 e. The van der Waals surface area contributed by atoms with Crippen molar-refractivity contribution in [3.05, 3.63) is 266 Å². The number of aromatic nitrogens is 1. The lowest BCUT2D eigenvalue weighted by molar-refractivity contribution is 0.360. The van der Waals surface area contributed by atoms with Crippen LogP contribution in [0.5, 0.6) is 23.0 Å². The van der Waals surface area contributed by atoms with Crippen LogP contribution in [-0.2, 0) is 5.41 Å². The van der Waals surface area contributed by atoms with Gasteiger partial charge in [0, 0.05) is 45.0 Å².